The maximum absolute atomic E-state index is 14.9. The Morgan fingerprint density at radius 3 is 1.56 bits per heavy atom. The predicted octanol–water partition coefficient (Wildman–Crippen LogP) is -6.60. The van der Waals surface area contributed by atoms with Crippen molar-refractivity contribution in [3.05, 3.63) is 120 Å². The largest absolute Gasteiger partial charge is 0.508 e. The monoisotopic (exact) mass is 1620 g/mol. The summed E-state index contributed by atoms with van der Waals surface area (Å²) in [4.78, 5) is 236. The van der Waals surface area contributed by atoms with E-state index in [1.54, 1.807) is 68.4 Å². The number of aliphatic hydroxyl groups excluding tert-OH is 1. The number of aromatic nitrogens is 3. The first-order valence-electron chi connectivity index (χ1n) is 37.5. The van der Waals surface area contributed by atoms with Crippen molar-refractivity contribution in [2.45, 2.75) is 184 Å². The fraction of sp³-hybridized carbons (Fsp3) is 0.467. The molecule has 0 spiro atoms. The molecule has 1 fully saturated rings. The van der Waals surface area contributed by atoms with E-state index in [4.69, 9.17) is 40.1 Å². The molecule has 12 atom stereocenters. The lowest BCUT2D eigenvalue weighted by atomic mass is 10.0. The molecule has 41 heteroatoms. The number of nitrogens with two attached hydrogens (primary N) is 7. The van der Waals surface area contributed by atoms with E-state index in [0.717, 1.165) is 0 Å². The summed E-state index contributed by atoms with van der Waals surface area (Å²) in [6.07, 6.45) is 0.949. The number of benzene rings is 3. The summed E-state index contributed by atoms with van der Waals surface area (Å²) in [6.45, 7) is 5.38. The summed E-state index contributed by atoms with van der Waals surface area (Å²) in [6, 6.07) is 1.67. The van der Waals surface area contributed by atoms with Gasteiger partial charge in [-0.05, 0) is 85.3 Å². The molecule has 3 aromatic carbocycles. The number of amides is 16. The number of imidazole rings is 1. The summed E-state index contributed by atoms with van der Waals surface area (Å²) in [5.41, 5.74) is 41.8. The first kappa shape index (κ1) is 91.8. The number of phenolic OH excluding ortho intramolecular Hbond substituents is 1. The lowest BCUT2D eigenvalue weighted by Crippen LogP contribution is -2.62. The van der Waals surface area contributed by atoms with Gasteiger partial charge in [-0.15, -0.1) is 0 Å². The molecule has 1 aliphatic heterocycles. The van der Waals surface area contributed by atoms with Gasteiger partial charge < -0.3 is 124 Å². The summed E-state index contributed by atoms with van der Waals surface area (Å²) >= 11 is 0. The number of nitrogens with one attached hydrogen (secondary N) is 13. The molecular formula is C75H105N23O18. The quantitative estimate of drug-likeness (QED) is 0.00978. The second kappa shape index (κ2) is 45.0. The first-order chi connectivity index (χ1) is 55.0. The van der Waals surface area contributed by atoms with E-state index < -0.39 is 212 Å². The minimum Gasteiger partial charge on any atom is -0.508 e. The van der Waals surface area contributed by atoms with Crippen LogP contribution in [0.1, 0.15) is 108 Å². The number of phenols is 1. The molecule has 0 unspecified atom stereocenters. The van der Waals surface area contributed by atoms with Gasteiger partial charge >= 0.3 is 0 Å². The topological polar surface area (TPSA) is 688 Å². The van der Waals surface area contributed by atoms with Gasteiger partial charge in [0.1, 0.15) is 72.2 Å². The molecule has 5 aromatic rings. The lowest BCUT2D eigenvalue weighted by molar-refractivity contribution is -0.141. The number of nitrogens with zero attached hydrogens (tertiary/aromatic N) is 3. The van der Waals surface area contributed by atoms with E-state index in [0.29, 0.717) is 34.9 Å². The number of hydrogen-bond donors (Lipinski definition) is 22. The highest BCUT2D eigenvalue weighted by Crippen LogP contribution is 2.23. The number of guanidine groups is 1. The van der Waals surface area contributed by atoms with Gasteiger partial charge in [0.05, 0.1) is 44.8 Å². The second-order valence-electron chi connectivity index (χ2n) is 28.9. The van der Waals surface area contributed by atoms with Crippen LogP contribution in [0.4, 0.5) is 0 Å². The Hall–Kier alpha value is -13.1. The number of aliphatic hydroxyl groups is 1. The number of carbonyl (C=O) groups is 16. The van der Waals surface area contributed by atoms with E-state index in [1.807, 2.05) is 13.8 Å². The number of rotatable bonds is 47. The summed E-state index contributed by atoms with van der Waals surface area (Å²) < 4.78 is 0. The molecule has 2 aromatic heterocycles. The molecule has 3 heterocycles. The van der Waals surface area contributed by atoms with Gasteiger partial charge in [-0.2, -0.15) is 0 Å². The maximum Gasteiger partial charge on any atom is 0.245 e. The molecule has 116 heavy (non-hydrogen) atoms. The van der Waals surface area contributed by atoms with Crippen molar-refractivity contribution in [3.8, 4) is 5.75 Å². The molecule has 628 valence electrons. The van der Waals surface area contributed by atoms with Gasteiger partial charge in [-0.25, -0.2) is 4.98 Å². The van der Waals surface area contributed by atoms with Gasteiger partial charge in [0.2, 0.25) is 94.5 Å². The Bertz CT molecular complexity index is 4310. The van der Waals surface area contributed by atoms with Crippen LogP contribution in [0.5, 0.6) is 5.75 Å². The number of aromatic amines is 2. The third-order valence-electron chi connectivity index (χ3n) is 18.5. The Balaban J connectivity index is 1.19. The number of aromatic hydroxyl groups is 1. The normalized spacial score (nSPS) is 15.3. The van der Waals surface area contributed by atoms with Crippen LogP contribution in [-0.4, -0.2) is 229 Å². The number of para-hydroxylation sites is 1. The number of hydrogen-bond acceptors (Lipinski definition) is 21. The van der Waals surface area contributed by atoms with Crippen molar-refractivity contribution < 1.29 is 86.9 Å². The van der Waals surface area contributed by atoms with E-state index >= 15 is 0 Å². The minimum atomic E-state index is -2.03. The van der Waals surface area contributed by atoms with Crippen LogP contribution in [-0.2, 0) is 102 Å². The molecule has 0 aliphatic carbocycles. The third-order valence-corrected chi connectivity index (χ3v) is 18.5. The van der Waals surface area contributed by atoms with E-state index in [1.165, 1.54) is 47.9 Å². The number of fused-ring (bicyclic) bond motifs is 1. The predicted molar refractivity (Wildman–Crippen MR) is 418 cm³/mol. The minimum absolute atomic E-state index is 0.00122. The van der Waals surface area contributed by atoms with Crippen LogP contribution in [0.15, 0.2) is 103 Å². The average molecular weight is 1620 g/mol. The van der Waals surface area contributed by atoms with Crippen LogP contribution in [0, 0.1) is 11.8 Å². The standard InChI is InChI=1S/C75H105N23O18/c1-38(2)24-46(76)74(116)98-23-11-17-58(98)73(115)96-56(32-61(79)103)70(112)91-51(27-41-18-20-44(100)21-19-41)67(109)94-54(30-59(77)101)69(111)92-52(28-42-33-85-47-15-9-8-14-45(42)47)68(110)95-55(31-60(78)102)71(113)97-57(36-99)72(114)93-53(29-43-34-83-37-87-43)64(106)86-35-62(104)88-50(25-39(3)4)66(108)89-48(16-10-22-84-75(81)82)65(107)90-49(63(80)105)26-40-12-6-5-7-13-40/h5-9,12-15,18-21,33-34,37-39,46,48-58,85,99-100H,10-11,16-17,22-32,35-36,76H2,1-4H3,(H2,77,101)(H2,78,102)(H2,79,103)(H2,80,105)(H,83,87)(H,86,106)(H,88,104)(H,89,108)(H,90,107)(H,91,112)(H,92,111)(H,93,114)(H,94,109)(H,95,110)(H,96,115)(H,97,113)(H4,81,82,84)/t46-,48-,49-,50-,51-,52-,53-,54-,55-,56-,57-,58-/m0/s1. The summed E-state index contributed by atoms with van der Waals surface area (Å²) in [5.74, 6) is -17.4. The Labute approximate surface area is 666 Å². The SMILES string of the molecule is CC(C)C[C@H](NC(=O)CNC(=O)[C@H](Cc1cnc[nH]1)NC(=O)[C@H](CO)NC(=O)[C@H](CC(N)=O)NC(=O)[C@H](Cc1c[nH]c2ccccc12)NC(=O)[C@H](CC(N)=O)NC(=O)[C@H](Cc1ccc(O)cc1)NC(=O)[C@H](CC(N)=O)NC(=O)[C@@H]1CCCN1C(=O)[C@@H](N)CC(C)C)C(=O)N[C@@H](CCCN=C(N)N)C(=O)N[C@@H](Cc1ccccc1)C(N)=O. The van der Waals surface area contributed by atoms with E-state index in [9.17, 15) is 86.9 Å². The highest BCUT2D eigenvalue weighted by Gasteiger charge is 2.41. The van der Waals surface area contributed by atoms with Gasteiger partial charge in [-0.3, -0.25) is 81.7 Å². The molecule has 0 bridgehead atoms. The van der Waals surface area contributed by atoms with E-state index in [2.05, 4.69) is 78.4 Å². The van der Waals surface area contributed by atoms with Crippen LogP contribution in [0.2, 0.25) is 0 Å². The van der Waals surface area contributed by atoms with Crippen LogP contribution >= 0.6 is 0 Å². The van der Waals surface area contributed by atoms with Crippen molar-refractivity contribution in [1.82, 2.24) is 78.3 Å². The van der Waals surface area contributed by atoms with Crippen molar-refractivity contribution >= 4 is 111 Å². The average Bonchev–Trinajstić information content (AvgIpc) is 1.65. The molecule has 6 rings (SSSR count). The van der Waals surface area contributed by atoms with Gasteiger partial charge in [0.25, 0.3) is 0 Å². The van der Waals surface area contributed by atoms with Crippen molar-refractivity contribution in [2.75, 3.05) is 26.2 Å². The van der Waals surface area contributed by atoms with Crippen molar-refractivity contribution in [1.29, 1.82) is 0 Å². The summed E-state index contributed by atoms with van der Waals surface area (Å²) in [5, 5.41) is 48.2. The van der Waals surface area contributed by atoms with Gasteiger partial charge in [0, 0.05) is 67.8 Å². The summed E-state index contributed by atoms with van der Waals surface area (Å²) in [7, 11) is 0. The fourth-order valence-corrected chi connectivity index (χ4v) is 12.7. The highest BCUT2D eigenvalue weighted by atomic mass is 16.3. The molecule has 16 amide bonds. The number of aliphatic imine (C=N–C) groups is 1. The van der Waals surface area contributed by atoms with E-state index in [-0.39, 0.29) is 86.4 Å². The Morgan fingerprint density at radius 1 is 0.526 bits per heavy atom. The second-order valence-corrected chi connectivity index (χ2v) is 28.9. The molecular weight excluding hydrogens is 1510 g/mol. The zero-order valence-corrected chi connectivity index (χ0v) is 64.7. The zero-order valence-electron chi connectivity index (χ0n) is 64.7. The van der Waals surface area contributed by atoms with Gasteiger partial charge in [0.15, 0.2) is 5.96 Å². The highest BCUT2D eigenvalue weighted by molar-refractivity contribution is 6.02. The maximum atomic E-state index is 14.9. The molecule has 1 aliphatic rings. The number of likely N-dealkylation sites (tertiary alicyclic amines) is 1. The van der Waals surface area contributed by atoms with Crippen LogP contribution in [0.25, 0.3) is 10.9 Å². The molecule has 1 saturated heterocycles. The molecule has 41 nitrogen and oxygen atoms in total. The lowest BCUT2D eigenvalue weighted by Gasteiger charge is -2.29. The van der Waals surface area contributed by atoms with Crippen molar-refractivity contribution in [3.63, 3.8) is 0 Å². The number of H-pyrrole nitrogens is 2. The van der Waals surface area contributed by atoms with Crippen molar-refractivity contribution in [2.24, 2.45) is 57.0 Å². The van der Waals surface area contributed by atoms with Crippen LogP contribution in [0.3, 0.4) is 0 Å². The molecule has 0 radical (unpaired) electrons. The first-order valence-corrected chi connectivity index (χ1v) is 37.5. The van der Waals surface area contributed by atoms with Crippen LogP contribution < -0.4 is 98.6 Å². The molecule has 0 saturated carbocycles. The van der Waals surface area contributed by atoms with Gasteiger partial charge in [-0.1, -0.05) is 88.4 Å². The molecule has 29 N–H and O–H groups in total. The smallest absolute Gasteiger partial charge is 0.245 e. The Morgan fingerprint density at radius 2 is 1.01 bits per heavy atom. The zero-order chi connectivity index (χ0) is 85.5. The number of carbonyl (C=O) groups excluding carboxylic acids is 16. The number of primary amides is 4. The third kappa shape index (κ3) is 29.8. The fourth-order valence-electron chi connectivity index (χ4n) is 12.7. The Kier molecular flexibility index (Phi) is 35.6.